The summed E-state index contributed by atoms with van der Waals surface area (Å²) >= 11 is 4.17. The fourth-order valence-electron chi connectivity index (χ4n) is 2.11. The monoisotopic (exact) mass is 414 g/mol. The van der Waals surface area contributed by atoms with Crippen LogP contribution in [0.1, 0.15) is 43.0 Å². The second-order valence-electron chi connectivity index (χ2n) is 4.76. The lowest BCUT2D eigenvalue weighted by Gasteiger charge is -2.07. The molecule has 0 spiro atoms. The van der Waals surface area contributed by atoms with Crippen molar-refractivity contribution in [3.05, 3.63) is 32.4 Å². The standard InChI is InChI=1S/C14H15BrN4O4S/c1-4-23-14(22)8-6(2)10(11(16)20)24-13(8)18-12(21)9-7(15)5-17-19(9)3/h5H,4H2,1-3H3,(H2,16,20)(H,18,21). The number of hydrogen-bond donors (Lipinski definition) is 2. The van der Waals surface area contributed by atoms with Gasteiger partial charge in [-0.3, -0.25) is 14.3 Å². The van der Waals surface area contributed by atoms with Crippen molar-refractivity contribution >= 4 is 50.1 Å². The molecular weight excluding hydrogens is 400 g/mol. The van der Waals surface area contributed by atoms with Crippen molar-refractivity contribution in [2.24, 2.45) is 12.8 Å². The molecule has 2 heterocycles. The van der Waals surface area contributed by atoms with Crippen molar-refractivity contribution < 1.29 is 19.1 Å². The SMILES string of the molecule is CCOC(=O)c1c(NC(=O)c2c(Br)cnn2C)sc(C(N)=O)c1C. The van der Waals surface area contributed by atoms with Gasteiger partial charge in [0.1, 0.15) is 10.7 Å². The number of anilines is 1. The fourth-order valence-corrected chi connectivity index (χ4v) is 3.68. The number of nitrogens with one attached hydrogen (secondary N) is 1. The lowest BCUT2D eigenvalue weighted by atomic mass is 10.1. The third-order valence-electron chi connectivity index (χ3n) is 3.19. The van der Waals surface area contributed by atoms with Crippen molar-refractivity contribution in [1.82, 2.24) is 9.78 Å². The van der Waals surface area contributed by atoms with Crippen LogP contribution in [0.4, 0.5) is 5.00 Å². The smallest absolute Gasteiger partial charge is 0.341 e. The number of carbonyl (C=O) groups is 3. The largest absolute Gasteiger partial charge is 0.462 e. The third kappa shape index (κ3) is 3.34. The van der Waals surface area contributed by atoms with E-state index < -0.39 is 17.8 Å². The number of halogens is 1. The Balaban J connectivity index is 2.46. The summed E-state index contributed by atoms with van der Waals surface area (Å²) in [5, 5.41) is 6.80. The molecule has 0 bridgehead atoms. The summed E-state index contributed by atoms with van der Waals surface area (Å²) in [5.41, 5.74) is 6.11. The fraction of sp³-hybridized carbons (Fsp3) is 0.286. The minimum atomic E-state index is -0.676. The number of rotatable bonds is 5. The highest BCUT2D eigenvalue weighted by Gasteiger charge is 2.27. The van der Waals surface area contributed by atoms with Gasteiger partial charge in [-0.2, -0.15) is 5.10 Å². The molecule has 0 saturated heterocycles. The Kier molecular flexibility index (Phi) is 5.40. The highest BCUT2D eigenvalue weighted by atomic mass is 79.9. The molecule has 0 atom stereocenters. The summed E-state index contributed by atoms with van der Waals surface area (Å²) in [6.45, 7) is 3.42. The van der Waals surface area contributed by atoms with Crippen LogP contribution in [0.3, 0.4) is 0 Å². The molecule has 0 aliphatic carbocycles. The zero-order valence-corrected chi connectivity index (χ0v) is 15.6. The van der Waals surface area contributed by atoms with E-state index >= 15 is 0 Å². The maximum atomic E-state index is 12.5. The van der Waals surface area contributed by atoms with Crippen LogP contribution in [-0.2, 0) is 11.8 Å². The van der Waals surface area contributed by atoms with Crippen LogP contribution >= 0.6 is 27.3 Å². The zero-order valence-electron chi connectivity index (χ0n) is 13.2. The van der Waals surface area contributed by atoms with Crippen LogP contribution in [0.5, 0.6) is 0 Å². The molecule has 0 fully saturated rings. The molecule has 0 radical (unpaired) electrons. The summed E-state index contributed by atoms with van der Waals surface area (Å²) in [4.78, 5) is 36.4. The lowest BCUT2D eigenvalue weighted by molar-refractivity contribution is 0.0527. The molecular formula is C14H15BrN4O4S. The average Bonchev–Trinajstić information content (AvgIpc) is 2.99. The van der Waals surface area contributed by atoms with E-state index in [-0.39, 0.29) is 27.7 Å². The predicted molar refractivity (Wildman–Crippen MR) is 92.4 cm³/mol. The molecule has 128 valence electrons. The molecule has 10 heteroatoms. The number of aryl methyl sites for hydroxylation is 1. The first-order valence-electron chi connectivity index (χ1n) is 6.87. The normalized spacial score (nSPS) is 10.5. The first-order valence-corrected chi connectivity index (χ1v) is 8.48. The number of thiophene rings is 1. The number of carbonyl (C=O) groups excluding carboxylic acids is 3. The summed E-state index contributed by atoms with van der Waals surface area (Å²) < 4.78 is 6.89. The number of primary amides is 1. The number of aromatic nitrogens is 2. The number of nitrogens with zero attached hydrogens (tertiary/aromatic N) is 2. The van der Waals surface area contributed by atoms with Gasteiger partial charge in [-0.25, -0.2) is 4.79 Å². The van der Waals surface area contributed by atoms with E-state index in [1.807, 2.05) is 0 Å². The van der Waals surface area contributed by atoms with Gasteiger partial charge in [0.2, 0.25) is 0 Å². The number of hydrogen-bond acceptors (Lipinski definition) is 6. The van der Waals surface area contributed by atoms with Gasteiger partial charge in [0.15, 0.2) is 0 Å². The van der Waals surface area contributed by atoms with Gasteiger partial charge in [-0.1, -0.05) is 0 Å². The zero-order chi connectivity index (χ0) is 18.0. The van der Waals surface area contributed by atoms with Gasteiger partial charge in [-0.05, 0) is 35.3 Å². The summed E-state index contributed by atoms with van der Waals surface area (Å²) in [5.74, 6) is -1.78. The number of ether oxygens (including phenoxy) is 1. The van der Waals surface area contributed by atoms with Crippen LogP contribution in [0.15, 0.2) is 10.7 Å². The van der Waals surface area contributed by atoms with E-state index in [0.29, 0.717) is 10.0 Å². The van der Waals surface area contributed by atoms with E-state index in [9.17, 15) is 14.4 Å². The van der Waals surface area contributed by atoms with Crippen LogP contribution in [-0.4, -0.2) is 34.2 Å². The van der Waals surface area contributed by atoms with Gasteiger partial charge in [0.05, 0.1) is 27.7 Å². The second kappa shape index (κ2) is 7.14. The van der Waals surface area contributed by atoms with E-state index in [2.05, 4.69) is 26.3 Å². The van der Waals surface area contributed by atoms with E-state index in [1.54, 1.807) is 20.9 Å². The van der Waals surface area contributed by atoms with Crippen molar-refractivity contribution in [1.29, 1.82) is 0 Å². The highest BCUT2D eigenvalue weighted by molar-refractivity contribution is 9.10. The third-order valence-corrected chi connectivity index (χ3v) is 4.99. The molecule has 24 heavy (non-hydrogen) atoms. The minimum Gasteiger partial charge on any atom is -0.462 e. The predicted octanol–water partition coefficient (Wildman–Crippen LogP) is 2.08. The second-order valence-corrected chi connectivity index (χ2v) is 6.64. The molecule has 0 aliphatic rings. The van der Waals surface area contributed by atoms with Crippen molar-refractivity contribution in [3.8, 4) is 0 Å². The van der Waals surface area contributed by atoms with Crippen LogP contribution in [0.25, 0.3) is 0 Å². The summed E-state index contributed by atoms with van der Waals surface area (Å²) in [6, 6.07) is 0. The van der Waals surface area contributed by atoms with E-state index in [4.69, 9.17) is 10.5 Å². The van der Waals surface area contributed by atoms with Gasteiger partial charge < -0.3 is 15.8 Å². The Bertz CT molecular complexity index is 808. The van der Waals surface area contributed by atoms with Crippen molar-refractivity contribution in [2.45, 2.75) is 13.8 Å². The summed E-state index contributed by atoms with van der Waals surface area (Å²) in [6.07, 6.45) is 1.48. The van der Waals surface area contributed by atoms with Gasteiger partial charge in [-0.15, -0.1) is 11.3 Å². The Hall–Kier alpha value is -2.20. The van der Waals surface area contributed by atoms with E-state index in [0.717, 1.165) is 11.3 Å². The molecule has 2 aromatic heterocycles. The quantitative estimate of drug-likeness (QED) is 0.726. The Morgan fingerprint density at radius 3 is 2.62 bits per heavy atom. The number of esters is 1. The highest BCUT2D eigenvalue weighted by Crippen LogP contribution is 2.34. The van der Waals surface area contributed by atoms with Crippen LogP contribution in [0, 0.1) is 6.92 Å². The minimum absolute atomic E-state index is 0.127. The summed E-state index contributed by atoms with van der Waals surface area (Å²) in [7, 11) is 1.61. The first-order chi connectivity index (χ1) is 11.3. The molecule has 0 saturated carbocycles. The Morgan fingerprint density at radius 2 is 2.12 bits per heavy atom. The molecule has 3 N–H and O–H groups in total. The van der Waals surface area contributed by atoms with Gasteiger partial charge in [0, 0.05) is 7.05 Å². The Morgan fingerprint density at radius 1 is 1.46 bits per heavy atom. The number of amides is 2. The molecule has 0 aromatic carbocycles. The number of nitrogens with two attached hydrogens (primary N) is 1. The van der Waals surface area contributed by atoms with Gasteiger partial charge in [0.25, 0.3) is 11.8 Å². The molecule has 0 aliphatic heterocycles. The maximum absolute atomic E-state index is 12.5. The molecule has 8 nitrogen and oxygen atoms in total. The van der Waals surface area contributed by atoms with Gasteiger partial charge >= 0.3 is 5.97 Å². The maximum Gasteiger partial charge on any atom is 0.341 e. The average molecular weight is 415 g/mol. The van der Waals surface area contributed by atoms with Crippen molar-refractivity contribution in [3.63, 3.8) is 0 Å². The topological polar surface area (TPSA) is 116 Å². The van der Waals surface area contributed by atoms with Crippen LogP contribution in [0.2, 0.25) is 0 Å². The molecule has 2 amide bonds. The molecule has 2 aromatic rings. The molecule has 0 unspecified atom stereocenters. The molecule has 2 rings (SSSR count). The lowest BCUT2D eigenvalue weighted by Crippen LogP contribution is -2.18. The first kappa shape index (κ1) is 18.1. The van der Waals surface area contributed by atoms with E-state index in [1.165, 1.54) is 10.9 Å². The van der Waals surface area contributed by atoms with Crippen molar-refractivity contribution in [2.75, 3.05) is 11.9 Å². The van der Waals surface area contributed by atoms with Crippen LogP contribution < -0.4 is 11.1 Å². The Labute approximate surface area is 150 Å².